The average Bonchev–Trinajstić information content (AvgIpc) is 2.94. The van der Waals surface area contributed by atoms with Gasteiger partial charge in [0.1, 0.15) is 0 Å². The highest BCUT2D eigenvalue weighted by Gasteiger charge is 2.08. The minimum Gasteiger partial charge on any atom is -0.462 e. The summed E-state index contributed by atoms with van der Waals surface area (Å²) in [6.07, 6.45) is 2.87. The van der Waals surface area contributed by atoms with Crippen molar-refractivity contribution in [2.75, 3.05) is 26.4 Å². The first-order valence-electron chi connectivity index (χ1n) is 12.5. The Morgan fingerprint density at radius 1 is 0.526 bits per heavy atom. The van der Waals surface area contributed by atoms with Gasteiger partial charge < -0.3 is 19.7 Å². The van der Waals surface area contributed by atoms with Gasteiger partial charge in [0.25, 0.3) is 0 Å². The van der Waals surface area contributed by atoms with E-state index in [4.69, 9.17) is 19.7 Å². The number of hydrogen-bond donors (Lipinski definition) is 2. The number of aliphatic hydroxyl groups is 2. The summed E-state index contributed by atoms with van der Waals surface area (Å²) in [6, 6.07) is 25.1. The Bertz CT molecular complexity index is 1130. The Hall–Kier alpha value is -4.00. The highest BCUT2D eigenvalue weighted by molar-refractivity contribution is 5.88. The van der Waals surface area contributed by atoms with Gasteiger partial charge in [-0.2, -0.15) is 0 Å². The molecule has 3 aromatic rings. The highest BCUT2D eigenvalue weighted by Crippen LogP contribution is 2.16. The molecule has 3 rings (SSSR count). The average molecular weight is 515 g/mol. The molecule has 0 fully saturated rings. The molecule has 6 nitrogen and oxygen atoms in total. The third-order valence-corrected chi connectivity index (χ3v) is 6.09. The molecule has 6 heteroatoms. The normalized spacial score (nSPS) is 10.6. The third-order valence-electron chi connectivity index (χ3n) is 6.09. The monoisotopic (exact) mass is 514 g/mol. The summed E-state index contributed by atoms with van der Waals surface area (Å²) >= 11 is 0. The van der Waals surface area contributed by atoms with E-state index in [9.17, 15) is 9.59 Å². The van der Waals surface area contributed by atoms with Crippen molar-refractivity contribution >= 4 is 11.9 Å². The van der Waals surface area contributed by atoms with Crippen LogP contribution in [0.2, 0.25) is 0 Å². The van der Waals surface area contributed by atoms with Crippen LogP contribution in [0.15, 0.2) is 97.1 Å². The van der Waals surface area contributed by atoms with Crippen molar-refractivity contribution in [2.24, 2.45) is 0 Å². The lowest BCUT2D eigenvalue weighted by molar-refractivity contribution is -0.140. The quantitative estimate of drug-likeness (QED) is 0.248. The van der Waals surface area contributed by atoms with Crippen LogP contribution in [0.3, 0.4) is 0 Å². The Balaban J connectivity index is 1.43. The molecule has 0 bridgehead atoms. The van der Waals surface area contributed by atoms with Gasteiger partial charge in [0.2, 0.25) is 0 Å². The molecule has 0 aliphatic rings. The van der Waals surface area contributed by atoms with Crippen molar-refractivity contribution in [3.05, 3.63) is 130 Å². The second-order valence-electron chi connectivity index (χ2n) is 9.10. The van der Waals surface area contributed by atoms with E-state index in [2.05, 4.69) is 61.7 Å². The van der Waals surface area contributed by atoms with E-state index in [1.165, 1.54) is 22.3 Å². The van der Waals surface area contributed by atoms with Crippen molar-refractivity contribution in [3.63, 3.8) is 0 Å². The molecule has 198 valence electrons. The van der Waals surface area contributed by atoms with Crippen LogP contribution in [0.1, 0.15) is 33.4 Å². The molecule has 0 atom stereocenters. The number of aliphatic hydroxyl groups excluding tert-OH is 2. The number of esters is 2. The van der Waals surface area contributed by atoms with Crippen molar-refractivity contribution in [2.45, 2.75) is 25.7 Å². The molecule has 0 saturated heterocycles. The summed E-state index contributed by atoms with van der Waals surface area (Å²) in [5.41, 5.74) is 7.13. The Labute approximate surface area is 223 Å². The predicted molar refractivity (Wildman–Crippen MR) is 147 cm³/mol. The zero-order valence-electron chi connectivity index (χ0n) is 21.5. The van der Waals surface area contributed by atoms with E-state index in [1.807, 2.05) is 24.3 Å². The van der Waals surface area contributed by atoms with Crippen LogP contribution in [0.25, 0.3) is 0 Å². The molecule has 0 heterocycles. The van der Waals surface area contributed by atoms with E-state index in [0.29, 0.717) is 12.8 Å². The predicted octanol–water partition coefficient (Wildman–Crippen LogP) is 4.14. The Kier molecular flexibility index (Phi) is 11.0. The van der Waals surface area contributed by atoms with Gasteiger partial charge in [0.05, 0.1) is 37.6 Å². The lowest BCUT2D eigenvalue weighted by Gasteiger charge is -2.08. The molecule has 0 radical (unpaired) electrons. The van der Waals surface area contributed by atoms with Gasteiger partial charge in [0.15, 0.2) is 0 Å². The summed E-state index contributed by atoms with van der Waals surface area (Å²) in [5.74, 6) is -1.13. The van der Waals surface area contributed by atoms with Gasteiger partial charge in [-0.1, -0.05) is 86.0 Å². The maximum absolute atomic E-state index is 11.5. The van der Waals surface area contributed by atoms with Crippen LogP contribution in [0, 0.1) is 0 Å². The smallest absolute Gasteiger partial charge is 0.335 e. The zero-order valence-corrected chi connectivity index (χ0v) is 21.5. The SMILES string of the molecule is C=C(CO)C(=O)OCCc1ccc(Cc2ccc(Cc3ccc(CCOC(=O)C(=C)CO)cc3)cc2)cc1. The number of carbonyl (C=O) groups is 2. The fraction of sp³-hybridized carbons (Fsp3) is 0.250. The molecule has 0 amide bonds. The van der Waals surface area contributed by atoms with E-state index in [0.717, 1.165) is 24.0 Å². The second-order valence-corrected chi connectivity index (χ2v) is 9.10. The molecule has 0 aliphatic carbocycles. The number of ether oxygens (including phenoxy) is 2. The summed E-state index contributed by atoms with van der Waals surface area (Å²) < 4.78 is 10.2. The molecule has 38 heavy (non-hydrogen) atoms. The van der Waals surface area contributed by atoms with Gasteiger partial charge in [-0.05, 0) is 46.2 Å². The van der Waals surface area contributed by atoms with Gasteiger partial charge >= 0.3 is 11.9 Å². The highest BCUT2D eigenvalue weighted by atomic mass is 16.5. The topological polar surface area (TPSA) is 93.1 Å². The lowest BCUT2D eigenvalue weighted by atomic mass is 9.99. The number of hydrogen-bond acceptors (Lipinski definition) is 6. The van der Waals surface area contributed by atoms with Gasteiger partial charge in [-0.15, -0.1) is 0 Å². The summed E-state index contributed by atoms with van der Waals surface area (Å²) in [7, 11) is 0. The fourth-order valence-electron chi connectivity index (χ4n) is 3.75. The van der Waals surface area contributed by atoms with E-state index in [1.54, 1.807) is 0 Å². The number of benzene rings is 3. The Morgan fingerprint density at radius 3 is 1.05 bits per heavy atom. The lowest BCUT2D eigenvalue weighted by Crippen LogP contribution is -2.11. The van der Waals surface area contributed by atoms with E-state index in [-0.39, 0.29) is 24.4 Å². The van der Waals surface area contributed by atoms with Crippen molar-refractivity contribution in [1.29, 1.82) is 0 Å². The summed E-state index contributed by atoms with van der Waals surface area (Å²) in [5, 5.41) is 17.8. The van der Waals surface area contributed by atoms with Crippen LogP contribution in [-0.4, -0.2) is 48.6 Å². The summed E-state index contributed by atoms with van der Waals surface area (Å²) in [6.45, 7) is 6.62. The summed E-state index contributed by atoms with van der Waals surface area (Å²) in [4.78, 5) is 23.1. The van der Waals surface area contributed by atoms with Crippen molar-refractivity contribution < 1.29 is 29.3 Å². The first-order valence-corrected chi connectivity index (χ1v) is 12.5. The second kappa shape index (κ2) is 14.7. The molecule has 3 aromatic carbocycles. The zero-order chi connectivity index (χ0) is 27.3. The molecule has 2 N–H and O–H groups in total. The third kappa shape index (κ3) is 9.14. The first-order chi connectivity index (χ1) is 18.4. The first kappa shape index (κ1) is 28.6. The van der Waals surface area contributed by atoms with Crippen LogP contribution in [0.5, 0.6) is 0 Å². The maximum Gasteiger partial charge on any atom is 0.335 e. The number of rotatable bonds is 14. The minimum atomic E-state index is -0.563. The fourth-order valence-corrected chi connectivity index (χ4v) is 3.75. The van der Waals surface area contributed by atoms with Crippen LogP contribution < -0.4 is 0 Å². The van der Waals surface area contributed by atoms with Crippen LogP contribution in [-0.2, 0) is 44.7 Å². The standard InChI is InChI=1S/C32H34O6/c1-23(21-33)31(35)37-17-15-25-3-7-27(8-4-25)19-29-11-13-30(14-12-29)20-28-9-5-26(6-10-28)16-18-38-32(36)24(2)22-34/h3-14,33-34H,1-2,15-22H2. The van der Waals surface area contributed by atoms with E-state index >= 15 is 0 Å². The van der Waals surface area contributed by atoms with Gasteiger partial charge in [0, 0.05) is 12.8 Å². The molecule has 0 aromatic heterocycles. The molecule has 0 aliphatic heterocycles. The minimum absolute atomic E-state index is 0.0592. The molecule has 0 unspecified atom stereocenters. The largest absolute Gasteiger partial charge is 0.462 e. The van der Waals surface area contributed by atoms with Gasteiger partial charge in [-0.3, -0.25) is 0 Å². The Morgan fingerprint density at radius 2 is 0.789 bits per heavy atom. The van der Waals surface area contributed by atoms with Crippen molar-refractivity contribution in [1.82, 2.24) is 0 Å². The van der Waals surface area contributed by atoms with Crippen LogP contribution in [0.4, 0.5) is 0 Å². The van der Waals surface area contributed by atoms with Crippen LogP contribution >= 0.6 is 0 Å². The number of carbonyl (C=O) groups excluding carboxylic acids is 2. The molecule has 0 saturated carbocycles. The molecular formula is C32H34O6. The van der Waals surface area contributed by atoms with Crippen molar-refractivity contribution in [3.8, 4) is 0 Å². The molecule has 0 spiro atoms. The maximum atomic E-state index is 11.5. The van der Waals surface area contributed by atoms with E-state index < -0.39 is 25.2 Å². The van der Waals surface area contributed by atoms with Gasteiger partial charge in [-0.25, -0.2) is 9.59 Å². The molecular weight excluding hydrogens is 480 g/mol.